The summed E-state index contributed by atoms with van der Waals surface area (Å²) in [7, 11) is -3.19. The molecule has 1 aliphatic rings. The lowest BCUT2D eigenvalue weighted by atomic mass is 10.0. The van der Waals surface area contributed by atoms with Crippen molar-refractivity contribution in [2.45, 2.75) is 45.4 Å². The number of rotatable bonds is 7. The van der Waals surface area contributed by atoms with Gasteiger partial charge < -0.3 is 4.74 Å². The van der Waals surface area contributed by atoms with E-state index in [1.54, 1.807) is 6.92 Å². The largest absolute Gasteiger partial charge is 0.379 e. The van der Waals surface area contributed by atoms with E-state index in [1.165, 1.54) is 0 Å². The fraction of sp³-hybridized carbons (Fsp3) is 1.00. The van der Waals surface area contributed by atoms with Crippen LogP contribution in [0.4, 0.5) is 0 Å². The van der Waals surface area contributed by atoms with Crippen molar-refractivity contribution in [1.29, 1.82) is 0 Å². The van der Waals surface area contributed by atoms with Gasteiger partial charge in [-0.2, -0.15) is 0 Å². The van der Waals surface area contributed by atoms with E-state index < -0.39 is 10.0 Å². The summed E-state index contributed by atoms with van der Waals surface area (Å²) in [4.78, 5) is 2.33. The summed E-state index contributed by atoms with van der Waals surface area (Å²) in [5.41, 5.74) is 0. The Morgan fingerprint density at radius 1 is 1.21 bits per heavy atom. The quantitative estimate of drug-likeness (QED) is 0.762. The smallest absolute Gasteiger partial charge is 0.214 e. The minimum atomic E-state index is -3.19. The molecule has 1 heterocycles. The van der Waals surface area contributed by atoms with Gasteiger partial charge in [0.05, 0.1) is 18.5 Å². The van der Waals surface area contributed by atoms with Gasteiger partial charge in [0.15, 0.2) is 0 Å². The molecule has 0 aromatic heterocycles. The van der Waals surface area contributed by atoms with Crippen molar-refractivity contribution < 1.29 is 13.2 Å². The van der Waals surface area contributed by atoms with E-state index in [1.807, 2.05) is 6.92 Å². The lowest BCUT2D eigenvalue weighted by molar-refractivity contribution is 0.00775. The summed E-state index contributed by atoms with van der Waals surface area (Å²) in [6.07, 6.45) is 0.638. The number of sulfonamides is 1. The third-order valence-electron chi connectivity index (χ3n) is 3.88. The first-order chi connectivity index (χ1) is 8.88. The van der Waals surface area contributed by atoms with E-state index in [-0.39, 0.29) is 11.3 Å². The highest BCUT2D eigenvalue weighted by atomic mass is 32.2. The van der Waals surface area contributed by atoms with Crippen LogP contribution in [0.15, 0.2) is 0 Å². The second kappa shape index (κ2) is 7.57. The Morgan fingerprint density at radius 3 is 2.26 bits per heavy atom. The van der Waals surface area contributed by atoms with Gasteiger partial charge in [-0.3, -0.25) is 4.90 Å². The molecular formula is C13H28N2O3S. The van der Waals surface area contributed by atoms with Crippen molar-refractivity contribution in [3.05, 3.63) is 0 Å². The van der Waals surface area contributed by atoms with E-state index in [2.05, 4.69) is 23.5 Å². The van der Waals surface area contributed by atoms with E-state index in [0.717, 1.165) is 26.3 Å². The average Bonchev–Trinajstić information content (AvgIpc) is 2.38. The van der Waals surface area contributed by atoms with Gasteiger partial charge in [0.2, 0.25) is 10.0 Å². The maximum Gasteiger partial charge on any atom is 0.214 e. The zero-order valence-electron chi connectivity index (χ0n) is 12.6. The van der Waals surface area contributed by atoms with Crippen molar-refractivity contribution in [3.63, 3.8) is 0 Å². The highest BCUT2D eigenvalue weighted by Crippen LogP contribution is 2.13. The SMILES string of the molecule is CC[C@@H](C)S(=O)(=O)NC[C@H](C(C)C)N1CCOCC1. The first-order valence-electron chi connectivity index (χ1n) is 7.18. The molecule has 114 valence electrons. The maximum atomic E-state index is 12.0. The molecule has 0 unspecified atom stereocenters. The predicted octanol–water partition coefficient (Wildman–Crippen LogP) is 1.06. The Labute approximate surface area is 117 Å². The predicted molar refractivity (Wildman–Crippen MR) is 77.7 cm³/mol. The molecule has 2 atom stereocenters. The van der Waals surface area contributed by atoms with Crippen LogP contribution in [0.3, 0.4) is 0 Å². The molecule has 0 spiro atoms. The summed E-state index contributed by atoms with van der Waals surface area (Å²) in [6, 6.07) is 0.239. The third kappa shape index (κ3) is 5.02. The van der Waals surface area contributed by atoms with E-state index >= 15 is 0 Å². The molecular weight excluding hydrogens is 264 g/mol. The van der Waals surface area contributed by atoms with Gasteiger partial charge in [-0.15, -0.1) is 0 Å². The summed E-state index contributed by atoms with van der Waals surface area (Å²) < 4.78 is 32.2. The van der Waals surface area contributed by atoms with E-state index in [4.69, 9.17) is 4.74 Å². The van der Waals surface area contributed by atoms with Gasteiger partial charge in [0.1, 0.15) is 0 Å². The maximum absolute atomic E-state index is 12.0. The molecule has 0 bridgehead atoms. The highest BCUT2D eigenvalue weighted by Gasteiger charge is 2.26. The molecule has 1 N–H and O–H groups in total. The first-order valence-corrected chi connectivity index (χ1v) is 8.73. The van der Waals surface area contributed by atoms with Crippen molar-refractivity contribution in [1.82, 2.24) is 9.62 Å². The van der Waals surface area contributed by atoms with Gasteiger partial charge in [0, 0.05) is 25.7 Å². The van der Waals surface area contributed by atoms with Gasteiger partial charge in [-0.1, -0.05) is 20.8 Å². The number of nitrogens with one attached hydrogen (secondary N) is 1. The van der Waals surface area contributed by atoms with Crippen LogP contribution in [0.1, 0.15) is 34.1 Å². The second-order valence-electron chi connectivity index (χ2n) is 5.57. The zero-order chi connectivity index (χ0) is 14.5. The van der Waals surface area contributed by atoms with Crippen LogP contribution in [0, 0.1) is 5.92 Å². The van der Waals surface area contributed by atoms with E-state index in [0.29, 0.717) is 18.9 Å². The van der Waals surface area contributed by atoms with Crippen LogP contribution in [0.5, 0.6) is 0 Å². The molecule has 1 rings (SSSR count). The molecule has 1 aliphatic heterocycles. The Hall–Kier alpha value is -0.170. The van der Waals surface area contributed by atoms with Crippen molar-refractivity contribution >= 4 is 10.0 Å². The third-order valence-corrected chi connectivity index (χ3v) is 5.84. The minimum absolute atomic E-state index is 0.239. The molecule has 6 heteroatoms. The monoisotopic (exact) mass is 292 g/mol. The molecule has 0 aromatic carbocycles. The molecule has 0 aliphatic carbocycles. The second-order valence-corrected chi connectivity index (χ2v) is 7.76. The summed E-state index contributed by atoms with van der Waals surface area (Å²) >= 11 is 0. The highest BCUT2D eigenvalue weighted by molar-refractivity contribution is 7.90. The lowest BCUT2D eigenvalue weighted by Crippen LogP contribution is -2.51. The van der Waals surface area contributed by atoms with Crippen LogP contribution in [0.25, 0.3) is 0 Å². The van der Waals surface area contributed by atoms with Crippen LogP contribution in [0.2, 0.25) is 0 Å². The molecule has 1 fully saturated rings. The van der Waals surface area contributed by atoms with Crippen LogP contribution in [-0.2, 0) is 14.8 Å². The molecule has 0 radical (unpaired) electrons. The number of ether oxygens (including phenoxy) is 1. The molecule has 0 aromatic rings. The fourth-order valence-corrected chi connectivity index (χ4v) is 3.39. The van der Waals surface area contributed by atoms with Crippen molar-refractivity contribution in [2.75, 3.05) is 32.8 Å². The van der Waals surface area contributed by atoms with Crippen LogP contribution < -0.4 is 4.72 Å². The topological polar surface area (TPSA) is 58.6 Å². The number of hydrogen-bond donors (Lipinski definition) is 1. The summed E-state index contributed by atoms with van der Waals surface area (Å²) in [5, 5.41) is -0.329. The first kappa shape index (κ1) is 16.9. The van der Waals surface area contributed by atoms with Gasteiger partial charge in [0.25, 0.3) is 0 Å². The number of morpholine rings is 1. The zero-order valence-corrected chi connectivity index (χ0v) is 13.4. The number of nitrogens with zero attached hydrogens (tertiary/aromatic N) is 1. The Morgan fingerprint density at radius 2 is 1.79 bits per heavy atom. The van der Waals surface area contributed by atoms with E-state index in [9.17, 15) is 8.42 Å². The minimum Gasteiger partial charge on any atom is -0.379 e. The van der Waals surface area contributed by atoms with Gasteiger partial charge >= 0.3 is 0 Å². The molecule has 19 heavy (non-hydrogen) atoms. The summed E-state index contributed by atoms with van der Waals surface area (Å²) in [6.45, 7) is 11.7. The van der Waals surface area contributed by atoms with Gasteiger partial charge in [-0.25, -0.2) is 13.1 Å². The molecule has 0 amide bonds. The van der Waals surface area contributed by atoms with Crippen molar-refractivity contribution in [3.8, 4) is 0 Å². The Kier molecular flexibility index (Phi) is 6.73. The van der Waals surface area contributed by atoms with Gasteiger partial charge in [-0.05, 0) is 19.3 Å². The van der Waals surface area contributed by atoms with Crippen molar-refractivity contribution in [2.24, 2.45) is 5.92 Å². The number of hydrogen-bond acceptors (Lipinski definition) is 4. The molecule has 5 nitrogen and oxygen atoms in total. The Balaban J connectivity index is 2.59. The van der Waals surface area contributed by atoms with Crippen LogP contribution in [-0.4, -0.2) is 57.5 Å². The normalized spacial score (nSPS) is 21.5. The fourth-order valence-electron chi connectivity index (χ4n) is 2.26. The molecule has 0 saturated carbocycles. The standard InChI is InChI=1S/C13H28N2O3S/c1-5-12(4)19(16,17)14-10-13(11(2)3)15-6-8-18-9-7-15/h11-14H,5-10H2,1-4H3/t12-,13-/m1/s1. The lowest BCUT2D eigenvalue weighted by Gasteiger charge is -2.37. The summed E-state index contributed by atoms with van der Waals surface area (Å²) in [5.74, 6) is 0.415. The molecule has 1 saturated heterocycles. The average molecular weight is 292 g/mol. The Bertz CT molecular complexity index is 351. The van der Waals surface area contributed by atoms with Crippen LogP contribution >= 0.6 is 0 Å².